The molecule has 4 heterocycles. The monoisotopic (exact) mass is 342 g/mol. The molecule has 3 aliphatic rings. The van der Waals surface area contributed by atoms with Crippen molar-refractivity contribution in [3.63, 3.8) is 0 Å². The Balaban J connectivity index is 1.50. The van der Waals surface area contributed by atoms with E-state index in [4.69, 9.17) is 4.98 Å². The number of carbonyl (C=O) groups is 1. The number of fused-ring (bicyclic) bond motifs is 2. The van der Waals surface area contributed by atoms with Crippen molar-refractivity contribution in [3.8, 4) is 0 Å². The lowest BCUT2D eigenvalue weighted by molar-refractivity contribution is -0.141. The molecule has 3 aliphatic heterocycles. The Morgan fingerprint density at radius 1 is 1.12 bits per heavy atom. The van der Waals surface area contributed by atoms with Crippen LogP contribution in [0.5, 0.6) is 0 Å². The van der Waals surface area contributed by atoms with Gasteiger partial charge in [0.05, 0.1) is 18.2 Å². The van der Waals surface area contributed by atoms with Crippen LogP contribution in [-0.2, 0) is 23.3 Å². The molecule has 25 heavy (non-hydrogen) atoms. The summed E-state index contributed by atoms with van der Waals surface area (Å²) < 4.78 is 0. The first-order chi connectivity index (χ1) is 11.9. The van der Waals surface area contributed by atoms with Crippen molar-refractivity contribution in [2.75, 3.05) is 13.1 Å². The molecule has 0 aromatic carbocycles. The third-order valence-electron chi connectivity index (χ3n) is 6.04. The van der Waals surface area contributed by atoms with Gasteiger partial charge < -0.3 is 4.90 Å². The van der Waals surface area contributed by atoms with Crippen LogP contribution in [0.4, 0.5) is 0 Å². The van der Waals surface area contributed by atoms with Gasteiger partial charge in [-0.1, -0.05) is 27.2 Å². The van der Waals surface area contributed by atoms with E-state index in [1.54, 1.807) is 0 Å². The topological polar surface area (TPSA) is 49.3 Å². The van der Waals surface area contributed by atoms with Gasteiger partial charge in [-0.3, -0.25) is 9.69 Å². The summed E-state index contributed by atoms with van der Waals surface area (Å²) in [6.07, 6.45) is 7.88. The maximum Gasteiger partial charge on any atom is 0.227 e. The van der Waals surface area contributed by atoms with Gasteiger partial charge >= 0.3 is 0 Å². The minimum absolute atomic E-state index is 0.0571. The number of amides is 1. The second-order valence-electron chi connectivity index (χ2n) is 8.96. The third-order valence-corrected chi connectivity index (χ3v) is 6.04. The van der Waals surface area contributed by atoms with Crippen molar-refractivity contribution >= 4 is 5.91 Å². The molecular formula is C20H30N4O. The Morgan fingerprint density at radius 3 is 2.72 bits per heavy atom. The van der Waals surface area contributed by atoms with Gasteiger partial charge in [-0.2, -0.15) is 0 Å². The average Bonchev–Trinajstić information content (AvgIpc) is 3.03. The van der Waals surface area contributed by atoms with E-state index in [2.05, 4.69) is 30.7 Å². The zero-order valence-electron chi connectivity index (χ0n) is 15.8. The van der Waals surface area contributed by atoms with Crippen LogP contribution in [0.2, 0.25) is 0 Å². The molecule has 1 aromatic rings. The lowest BCUT2D eigenvalue weighted by Gasteiger charge is -2.44. The second-order valence-corrected chi connectivity index (χ2v) is 8.96. The summed E-state index contributed by atoms with van der Waals surface area (Å²) in [5.41, 5.74) is 2.11. The van der Waals surface area contributed by atoms with Gasteiger partial charge in [-0.05, 0) is 38.8 Å². The number of piperidine rings is 2. The summed E-state index contributed by atoms with van der Waals surface area (Å²) in [6.45, 7) is 10.1. The van der Waals surface area contributed by atoms with Crippen LogP contribution in [0, 0.1) is 5.92 Å². The van der Waals surface area contributed by atoms with Crippen molar-refractivity contribution in [1.82, 2.24) is 19.8 Å². The lowest BCUT2D eigenvalue weighted by Crippen LogP contribution is -2.52. The molecule has 0 saturated carbocycles. The number of aromatic nitrogens is 2. The minimum Gasteiger partial charge on any atom is -0.332 e. The van der Waals surface area contributed by atoms with Crippen LogP contribution in [0.1, 0.15) is 70.0 Å². The molecule has 2 atom stereocenters. The fourth-order valence-electron chi connectivity index (χ4n) is 4.65. The molecule has 0 bridgehead atoms. The van der Waals surface area contributed by atoms with Crippen LogP contribution in [0.3, 0.4) is 0 Å². The van der Waals surface area contributed by atoms with Gasteiger partial charge in [0.1, 0.15) is 5.82 Å². The van der Waals surface area contributed by atoms with E-state index in [1.165, 1.54) is 32.4 Å². The largest absolute Gasteiger partial charge is 0.332 e. The van der Waals surface area contributed by atoms with Crippen LogP contribution in [-0.4, -0.2) is 44.8 Å². The first-order valence-corrected chi connectivity index (χ1v) is 9.81. The van der Waals surface area contributed by atoms with E-state index in [9.17, 15) is 4.79 Å². The lowest BCUT2D eigenvalue weighted by atomic mass is 9.82. The number of nitrogens with zero attached hydrogens (tertiary/aromatic N) is 4. The number of hydrogen-bond acceptors (Lipinski definition) is 4. The van der Waals surface area contributed by atoms with Crippen molar-refractivity contribution in [3.05, 3.63) is 23.3 Å². The molecule has 0 aliphatic carbocycles. The van der Waals surface area contributed by atoms with E-state index in [-0.39, 0.29) is 11.3 Å². The molecule has 0 spiro atoms. The van der Waals surface area contributed by atoms with Crippen LogP contribution in [0.15, 0.2) is 6.20 Å². The quantitative estimate of drug-likeness (QED) is 0.787. The fourth-order valence-corrected chi connectivity index (χ4v) is 4.65. The summed E-state index contributed by atoms with van der Waals surface area (Å²) in [5, 5.41) is 0. The summed E-state index contributed by atoms with van der Waals surface area (Å²) in [6, 6.07) is 0.468. The predicted octanol–water partition coefficient (Wildman–Crippen LogP) is 2.88. The average molecular weight is 342 g/mol. The van der Waals surface area contributed by atoms with Gasteiger partial charge in [0.2, 0.25) is 5.91 Å². The Labute approximate surface area is 150 Å². The SMILES string of the molecule is CC(C)(C)c1ncc2c(n1)CN(C(=O)[C@@H]1CCCN3CCCC[C@H]13)C2. The van der Waals surface area contributed by atoms with E-state index in [0.29, 0.717) is 25.0 Å². The molecule has 5 heteroatoms. The van der Waals surface area contributed by atoms with Crippen LogP contribution < -0.4 is 0 Å². The van der Waals surface area contributed by atoms with E-state index in [0.717, 1.165) is 29.9 Å². The Morgan fingerprint density at radius 2 is 1.92 bits per heavy atom. The van der Waals surface area contributed by atoms with E-state index >= 15 is 0 Å². The maximum absolute atomic E-state index is 13.3. The standard InChI is InChI=1S/C20H30N4O/c1-20(2,3)19-21-11-14-12-24(13-16(14)22-19)18(25)15-7-6-10-23-9-5-4-8-17(15)23/h11,15,17H,4-10,12-13H2,1-3H3/t15-,17-/m1/s1. The number of rotatable bonds is 1. The fraction of sp³-hybridized carbons (Fsp3) is 0.750. The Hall–Kier alpha value is -1.49. The molecule has 5 nitrogen and oxygen atoms in total. The second kappa shape index (κ2) is 6.35. The van der Waals surface area contributed by atoms with Gasteiger partial charge in [-0.25, -0.2) is 9.97 Å². The smallest absolute Gasteiger partial charge is 0.227 e. The summed E-state index contributed by atoms with van der Waals surface area (Å²) in [7, 11) is 0. The van der Waals surface area contributed by atoms with E-state index < -0.39 is 0 Å². The highest BCUT2D eigenvalue weighted by molar-refractivity contribution is 5.80. The molecule has 1 amide bonds. The highest BCUT2D eigenvalue weighted by Crippen LogP contribution is 2.34. The summed E-state index contributed by atoms with van der Waals surface area (Å²) in [5.74, 6) is 1.39. The normalized spacial score (nSPS) is 27.1. The first-order valence-electron chi connectivity index (χ1n) is 9.81. The number of hydrogen-bond donors (Lipinski definition) is 0. The van der Waals surface area contributed by atoms with Crippen LogP contribution in [0.25, 0.3) is 0 Å². The molecule has 2 fully saturated rings. The minimum atomic E-state index is -0.0571. The molecule has 136 valence electrons. The van der Waals surface area contributed by atoms with Crippen molar-refractivity contribution in [1.29, 1.82) is 0 Å². The van der Waals surface area contributed by atoms with E-state index in [1.807, 2.05) is 11.1 Å². The number of carbonyl (C=O) groups excluding carboxylic acids is 1. The molecule has 0 radical (unpaired) electrons. The summed E-state index contributed by atoms with van der Waals surface area (Å²) in [4.78, 5) is 27.1. The maximum atomic E-state index is 13.3. The molecule has 4 rings (SSSR count). The van der Waals surface area contributed by atoms with Crippen LogP contribution >= 0.6 is 0 Å². The van der Waals surface area contributed by atoms with Crippen molar-refractivity contribution < 1.29 is 4.79 Å². The predicted molar refractivity (Wildman–Crippen MR) is 96.9 cm³/mol. The van der Waals surface area contributed by atoms with Gasteiger partial charge in [-0.15, -0.1) is 0 Å². The first kappa shape index (κ1) is 17.0. The zero-order valence-corrected chi connectivity index (χ0v) is 15.8. The third kappa shape index (κ3) is 3.19. The molecular weight excluding hydrogens is 312 g/mol. The summed E-state index contributed by atoms with van der Waals surface area (Å²) >= 11 is 0. The van der Waals surface area contributed by atoms with Crippen molar-refractivity contribution in [2.24, 2.45) is 5.92 Å². The van der Waals surface area contributed by atoms with Gasteiger partial charge in [0.15, 0.2) is 0 Å². The highest BCUT2D eigenvalue weighted by Gasteiger charge is 2.40. The van der Waals surface area contributed by atoms with Crippen molar-refractivity contribution in [2.45, 2.75) is 77.4 Å². The van der Waals surface area contributed by atoms with Gasteiger partial charge in [0, 0.05) is 29.8 Å². The molecule has 1 aromatic heterocycles. The highest BCUT2D eigenvalue weighted by atomic mass is 16.2. The van der Waals surface area contributed by atoms with Gasteiger partial charge in [0.25, 0.3) is 0 Å². The molecule has 0 N–H and O–H groups in total. The molecule has 0 unspecified atom stereocenters. The Bertz CT molecular complexity index is 664. The zero-order chi connectivity index (χ0) is 17.6. The Kier molecular flexibility index (Phi) is 4.30. The molecule has 2 saturated heterocycles.